The Bertz CT molecular complexity index is 650. The Labute approximate surface area is 127 Å². The third-order valence-corrected chi connectivity index (χ3v) is 3.74. The maximum atomic E-state index is 12.1. The number of nitrogens with one attached hydrogen (secondary N) is 1. The summed E-state index contributed by atoms with van der Waals surface area (Å²) < 4.78 is 5.15. The SMILES string of the molecule is Cc1ccc(C)c(NC(=O)[C@H](C)OC(=O)c2ccsc2)c1. The van der Waals surface area contributed by atoms with Gasteiger partial charge in [0, 0.05) is 11.1 Å². The number of anilines is 1. The van der Waals surface area contributed by atoms with Crippen molar-refractivity contribution in [3.05, 3.63) is 51.7 Å². The third-order valence-electron chi connectivity index (χ3n) is 3.06. The van der Waals surface area contributed by atoms with Crippen molar-refractivity contribution in [3.63, 3.8) is 0 Å². The van der Waals surface area contributed by atoms with E-state index in [1.807, 2.05) is 32.0 Å². The molecular formula is C16H17NO3S. The summed E-state index contributed by atoms with van der Waals surface area (Å²) in [5.74, 6) is -0.827. The number of ether oxygens (including phenoxy) is 1. The van der Waals surface area contributed by atoms with Gasteiger partial charge in [-0.1, -0.05) is 12.1 Å². The van der Waals surface area contributed by atoms with E-state index in [1.54, 1.807) is 23.8 Å². The fourth-order valence-corrected chi connectivity index (χ4v) is 2.39. The van der Waals surface area contributed by atoms with E-state index < -0.39 is 12.1 Å². The van der Waals surface area contributed by atoms with Crippen molar-refractivity contribution < 1.29 is 14.3 Å². The summed E-state index contributed by atoms with van der Waals surface area (Å²) in [7, 11) is 0. The zero-order valence-electron chi connectivity index (χ0n) is 12.2. The summed E-state index contributed by atoms with van der Waals surface area (Å²) in [6, 6.07) is 7.47. The highest BCUT2D eigenvalue weighted by atomic mass is 32.1. The Morgan fingerprint density at radius 1 is 1.24 bits per heavy atom. The molecule has 1 aromatic carbocycles. The summed E-state index contributed by atoms with van der Waals surface area (Å²) in [5.41, 5.74) is 3.22. The first-order valence-electron chi connectivity index (χ1n) is 6.58. The van der Waals surface area contributed by atoms with Crippen LogP contribution in [0.15, 0.2) is 35.0 Å². The molecule has 0 spiro atoms. The predicted molar refractivity (Wildman–Crippen MR) is 83.7 cm³/mol. The Balaban J connectivity index is 1.99. The number of thiophene rings is 1. The van der Waals surface area contributed by atoms with Crippen LogP contribution in [0.4, 0.5) is 5.69 Å². The van der Waals surface area contributed by atoms with Gasteiger partial charge in [0.05, 0.1) is 5.56 Å². The van der Waals surface area contributed by atoms with Crippen LogP contribution in [0.2, 0.25) is 0 Å². The normalized spacial score (nSPS) is 11.8. The van der Waals surface area contributed by atoms with Crippen LogP contribution in [0.25, 0.3) is 0 Å². The van der Waals surface area contributed by atoms with Crippen molar-refractivity contribution in [2.75, 3.05) is 5.32 Å². The number of carbonyl (C=O) groups is 2. The van der Waals surface area contributed by atoms with E-state index in [0.717, 1.165) is 16.8 Å². The highest BCUT2D eigenvalue weighted by Gasteiger charge is 2.19. The average Bonchev–Trinajstić information content (AvgIpc) is 2.97. The lowest BCUT2D eigenvalue weighted by Gasteiger charge is -2.14. The Kier molecular flexibility index (Phi) is 4.75. The van der Waals surface area contributed by atoms with Gasteiger partial charge in [-0.05, 0) is 49.4 Å². The first-order valence-corrected chi connectivity index (χ1v) is 7.53. The van der Waals surface area contributed by atoms with Crippen LogP contribution in [0.5, 0.6) is 0 Å². The number of carbonyl (C=O) groups excluding carboxylic acids is 2. The lowest BCUT2D eigenvalue weighted by Crippen LogP contribution is -2.30. The van der Waals surface area contributed by atoms with Gasteiger partial charge in [0.15, 0.2) is 6.10 Å². The first kappa shape index (κ1) is 15.3. The number of hydrogen-bond acceptors (Lipinski definition) is 4. The van der Waals surface area contributed by atoms with Gasteiger partial charge < -0.3 is 10.1 Å². The molecule has 0 aliphatic heterocycles. The van der Waals surface area contributed by atoms with Crippen molar-refractivity contribution >= 4 is 28.9 Å². The summed E-state index contributed by atoms with van der Waals surface area (Å²) in [6.07, 6.45) is -0.850. The fraction of sp³-hybridized carbons (Fsp3) is 0.250. The number of aryl methyl sites for hydroxylation is 2. The molecule has 0 radical (unpaired) electrons. The standard InChI is InChI=1S/C16H17NO3S/c1-10-4-5-11(2)14(8-10)17-15(18)12(3)20-16(19)13-6-7-21-9-13/h4-9,12H,1-3H3,(H,17,18)/t12-/m0/s1. The van der Waals surface area contributed by atoms with Crippen LogP contribution in [-0.4, -0.2) is 18.0 Å². The molecule has 0 fully saturated rings. The van der Waals surface area contributed by atoms with Gasteiger partial charge in [0.2, 0.25) is 0 Å². The quantitative estimate of drug-likeness (QED) is 0.879. The molecule has 4 nitrogen and oxygen atoms in total. The van der Waals surface area contributed by atoms with Crippen LogP contribution in [0.3, 0.4) is 0 Å². The molecule has 1 amide bonds. The summed E-state index contributed by atoms with van der Waals surface area (Å²) in [6.45, 7) is 5.43. The van der Waals surface area contributed by atoms with Crippen molar-refractivity contribution in [1.29, 1.82) is 0 Å². The summed E-state index contributed by atoms with van der Waals surface area (Å²) in [5, 5.41) is 6.27. The summed E-state index contributed by atoms with van der Waals surface area (Å²) in [4.78, 5) is 23.9. The molecule has 2 aromatic rings. The zero-order chi connectivity index (χ0) is 15.4. The van der Waals surface area contributed by atoms with Crippen LogP contribution in [0, 0.1) is 13.8 Å². The van der Waals surface area contributed by atoms with E-state index in [2.05, 4.69) is 5.32 Å². The minimum atomic E-state index is -0.850. The van der Waals surface area contributed by atoms with Gasteiger partial charge in [-0.25, -0.2) is 4.79 Å². The van der Waals surface area contributed by atoms with E-state index in [1.165, 1.54) is 11.3 Å². The lowest BCUT2D eigenvalue weighted by atomic mass is 10.1. The van der Waals surface area contributed by atoms with E-state index in [9.17, 15) is 9.59 Å². The monoisotopic (exact) mass is 303 g/mol. The maximum absolute atomic E-state index is 12.1. The molecule has 0 saturated heterocycles. The molecule has 1 N–H and O–H groups in total. The van der Waals surface area contributed by atoms with E-state index in [-0.39, 0.29) is 5.91 Å². The molecule has 0 aliphatic carbocycles. The van der Waals surface area contributed by atoms with Crippen molar-refractivity contribution in [2.45, 2.75) is 26.9 Å². The minimum Gasteiger partial charge on any atom is -0.449 e. The van der Waals surface area contributed by atoms with Crippen LogP contribution in [0.1, 0.15) is 28.4 Å². The smallest absolute Gasteiger partial charge is 0.339 e. The zero-order valence-corrected chi connectivity index (χ0v) is 13.0. The van der Waals surface area contributed by atoms with E-state index >= 15 is 0 Å². The number of amides is 1. The summed E-state index contributed by atoms with van der Waals surface area (Å²) >= 11 is 1.41. The largest absolute Gasteiger partial charge is 0.449 e. The number of rotatable bonds is 4. The van der Waals surface area contributed by atoms with Gasteiger partial charge >= 0.3 is 5.97 Å². The molecule has 1 heterocycles. The first-order chi connectivity index (χ1) is 9.97. The second-order valence-corrected chi connectivity index (χ2v) is 5.65. The number of esters is 1. The second-order valence-electron chi connectivity index (χ2n) is 4.87. The lowest BCUT2D eigenvalue weighted by molar-refractivity contribution is -0.123. The molecule has 1 aromatic heterocycles. The molecule has 0 bridgehead atoms. The van der Waals surface area contributed by atoms with Crippen LogP contribution in [-0.2, 0) is 9.53 Å². The van der Waals surface area contributed by atoms with Gasteiger partial charge in [0.1, 0.15) is 0 Å². The Morgan fingerprint density at radius 2 is 2.00 bits per heavy atom. The number of hydrogen-bond donors (Lipinski definition) is 1. The molecule has 0 unspecified atom stereocenters. The van der Waals surface area contributed by atoms with Crippen LogP contribution >= 0.6 is 11.3 Å². The number of benzene rings is 1. The molecule has 0 aliphatic rings. The molecule has 5 heteroatoms. The van der Waals surface area contributed by atoms with Crippen LogP contribution < -0.4 is 5.32 Å². The molecule has 21 heavy (non-hydrogen) atoms. The maximum Gasteiger partial charge on any atom is 0.339 e. The molecule has 2 rings (SSSR count). The van der Waals surface area contributed by atoms with Gasteiger partial charge in [-0.3, -0.25) is 4.79 Å². The molecular weight excluding hydrogens is 286 g/mol. The van der Waals surface area contributed by atoms with Crippen molar-refractivity contribution in [1.82, 2.24) is 0 Å². The van der Waals surface area contributed by atoms with Crippen molar-refractivity contribution in [3.8, 4) is 0 Å². The van der Waals surface area contributed by atoms with Crippen molar-refractivity contribution in [2.24, 2.45) is 0 Å². The highest BCUT2D eigenvalue weighted by molar-refractivity contribution is 7.08. The van der Waals surface area contributed by atoms with Gasteiger partial charge in [-0.15, -0.1) is 0 Å². The predicted octanol–water partition coefficient (Wildman–Crippen LogP) is 3.55. The topological polar surface area (TPSA) is 55.4 Å². The highest BCUT2D eigenvalue weighted by Crippen LogP contribution is 2.17. The fourth-order valence-electron chi connectivity index (χ4n) is 1.77. The van der Waals surface area contributed by atoms with E-state index in [4.69, 9.17) is 4.74 Å². The Hall–Kier alpha value is -2.14. The second kappa shape index (κ2) is 6.54. The molecule has 1 atom stereocenters. The van der Waals surface area contributed by atoms with Gasteiger partial charge in [0.25, 0.3) is 5.91 Å². The van der Waals surface area contributed by atoms with E-state index in [0.29, 0.717) is 5.56 Å². The van der Waals surface area contributed by atoms with Gasteiger partial charge in [-0.2, -0.15) is 11.3 Å². The molecule has 110 valence electrons. The molecule has 0 saturated carbocycles. The minimum absolute atomic E-state index is 0.340. The Morgan fingerprint density at radius 3 is 2.67 bits per heavy atom. The average molecular weight is 303 g/mol. The third kappa shape index (κ3) is 3.92.